The SMILES string of the molecule is CC1CN(CC2CCN(Cc3ccc(F)c(Br)c3)CC2)CC(C)O1. The van der Waals surface area contributed by atoms with Crippen molar-refractivity contribution in [2.24, 2.45) is 5.92 Å². The summed E-state index contributed by atoms with van der Waals surface area (Å²) in [5, 5.41) is 0. The summed E-state index contributed by atoms with van der Waals surface area (Å²) in [4.78, 5) is 5.07. The lowest BCUT2D eigenvalue weighted by Crippen LogP contribution is -2.48. The molecule has 2 fully saturated rings. The first kappa shape index (κ1) is 18.3. The molecular weight excluding hydrogens is 371 g/mol. The van der Waals surface area contributed by atoms with Crippen molar-refractivity contribution in [2.45, 2.75) is 45.4 Å². The Balaban J connectivity index is 1.44. The Morgan fingerprint density at radius 3 is 2.42 bits per heavy atom. The van der Waals surface area contributed by atoms with E-state index in [-0.39, 0.29) is 5.82 Å². The maximum absolute atomic E-state index is 13.3. The Hall–Kier alpha value is -0.490. The van der Waals surface area contributed by atoms with Gasteiger partial charge in [0.2, 0.25) is 0 Å². The number of nitrogens with zero attached hydrogens (tertiary/aromatic N) is 2. The Labute approximate surface area is 153 Å². The summed E-state index contributed by atoms with van der Waals surface area (Å²) in [5.74, 6) is 0.602. The van der Waals surface area contributed by atoms with Gasteiger partial charge < -0.3 is 4.74 Å². The van der Waals surface area contributed by atoms with Gasteiger partial charge in [-0.2, -0.15) is 0 Å². The summed E-state index contributed by atoms with van der Waals surface area (Å²) < 4.78 is 19.7. The topological polar surface area (TPSA) is 15.7 Å². The van der Waals surface area contributed by atoms with Crippen LogP contribution in [0.5, 0.6) is 0 Å². The van der Waals surface area contributed by atoms with Crippen LogP contribution < -0.4 is 0 Å². The van der Waals surface area contributed by atoms with Crippen molar-refractivity contribution in [3.8, 4) is 0 Å². The van der Waals surface area contributed by atoms with Gasteiger partial charge >= 0.3 is 0 Å². The van der Waals surface area contributed by atoms with E-state index < -0.39 is 0 Å². The Morgan fingerprint density at radius 2 is 1.79 bits per heavy atom. The van der Waals surface area contributed by atoms with E-state index in [0.717, 1.165) is 38.6 Å². The fourth-order valence-electron chi connectivity index (χ4n) is 4.02. The standard InChI is InChI=1S/C19H28BrFN2O/c1-14-10-23(11-15(2)24-14)12-16-5-7-22(8-6-16)13-17-3-4-19(21)18(20)9-17/h3-4,9,14-16H,5-8,10-13H2,1-2H3. The highest BCUT2D eigenvalue weighted by Crippen LogP contribution is 2.23. The maximum atomic E-state index is 13.3. The van der Waals surface area contributed by atoms with E-state index in [1.807, 2.05) is 12.1 Å². The van der Waals surface area contributed by atoms with Crippen molar-refractivity contribution in [3.63, 3.8) is 0 Å². The molecule has 5 heteroatoms. The molecule has 2 aliphatic rings. The highest BCUT2D eigenvalue weighted by molar-refractivity contribution is 9.10. The minimum Gasteiger partial charge on any atom is -0.373 e. The number of rotatable bonds is 4. The second-order valence-corrected chi connectivity index (χ2v) is 8.30. The number of hydrogen-bond donors (Lipinski definition) is 0. The zero-order valence-corrected chi connectivity index (χ0v) is 16.3. The molecule has 134 valence electrons. The van der Waals surface area contributed by atoms with Crippen LogP contribution in [0.3, 0.4) is 0 Å². The van der Waals surface area contributed by atoms with Crippen molar-refractivity contribution in [1.29, 1.82) is 0 Å². The quantitative estimate of drug-likeness (QED) is 0.764. The van der Waals surface area contributed by atoms with E-state index in [9.17, 15) is 4.39 Å². The molecule has 2 saturated heterocycles. The highest BCUT2D eigenvalue weighted by atomic mass is 79.9. The monoisotopic (exact) mass is 398 g/mol. The van der Waals surface area contributed by atoms with E-state index in [1.165, 1.54) is 24.9 Å². The highest BCUT2D eigenvalue weighted by Gasteiger charge is 2.26. The molecule has 0 aliphatic carbocycles. The van der Waals surface area contributed by atoms with Crippen LogP contribution in [0.25, 0.3) is 0 Å². The third kappa shape index (κ3) is 5.01. The molecule has 2 unspecified atom stereocenters. The lowest BCUT2D eigenvalue weighted by Gasteiger charge is -2.39. The first-order valence-corrected chi connectivity index (χ1v) is 9.83. The molecule has 0 bridgehead atoms. The summed E-state index contributed by atoms with van der Waals surface area (Å²) in [6.45, 7) is 10.9. The molecule has 3 nitrogen and oxygen atoms in total. The van der Waals surface area contributed by atoms with Crippen LogP contribution in [0, 0.1) is 11.7 Å². The second kappa shape index (κ2) is 8.26. The number of hydrogen-bond acceptors (Lipinski definition) is 3. The summed E-state index contributed by atoms with van der Waals surface area (Å²) in [7, 11) is 0. The summed E-state index contributed by atoms with van der Waals surface area (Å²) in [5.41, 5.74) is 1.18. The number of ether oxygens (including phenoxy) is 1. The predicted molar refractivity (Wildman–Crippen MR) is 98.6 cm³/mol. The van der Waals surface area contributed by atoms with Gasteiger partial charge in [-0.25, -0.2) is 4.39 Å². The molecule has 2 heterocycles. The summed E-state index contributed by atoms with van der Waals surface area (Å²) in [6.07, 6.45) is 3.21. The molecule has 2 atom stereocenters. The Bertz CT molecular complexity index is 538. The molecular formula is C19H28BrFN2O. The van der Waals surface area contributed by atoms with Crippen LogP contribution in [0.2, 0.25) is 0 Å². The number of likely N-dealkylation sites (tertiary alicyclic amines) is 1. The van der Waals surface area contributed by atoms with E-state index in [0.29, 0.717) is 16.7 Å². The maximum Gasteiger partial charge on any atom is 0.137 e. The van der Waals surface area contributed by atoms with Gasteiger partial charge in [0.15, 0.2) is 0 Å². The van der Waals surface area contributed by atoms with Gasteiger partial charge in [-0.15, -0.1) is 0 Å². The molecule has 0 amide bonds. The van der Waals surface area contributed by atoms with Crippen molar-refractivity contribution in [1.82, 2.24) is 9.80 Å². The molecule has 0 aromatic heterocycles. The number of benzene rings is 1. The zero-order valence-electron chi connectivity index (χ0n) is 14.7. The number of morpholine rings is 1. The number of piperidine rings is 1. The molecule has 0 spiro atoms. The van der Waals surface area contributed by atoms with E-state index in [1.54, 1.807) is 6.07 Å². The van der Waals surface area contributed by atoms with Crippen molar-refractivity contribution >= 4 is 15.9 Å². The van der Waals surface area contributed by atoms with Crippen molar-refractivity contribution < 1.29 is 9.13 Å². The van der Waals surface area contributed by atoms with Gasteiger partial charge in [-0.1, -0.05) is 6.07 Å². The lowest BCUT2D eigenvalue weighted by atomic mass is 9.95. The zero-order chi connectivity index (χ0) is 17.1. The van der Waals surface area contributed by atoms with Gasteiger partial charge in [0.25, 0.3) is 0 Å². The first-order valence-electron chi connectivity index (χ1n) is 9.03. The summed E-state index contributed by atoms with van der Waals surface area (Å²) in [6, 6.07) is 5.34. The third-order valence-electron chi connectivity index (χ3n) is 5.11. The second-order valence-electron chi connectivity index (χ2n) is 7.44. The van der Waals surface area contributed by atoms with Gasteiger partial charge in [0.05, 0.1) is 16.7 Å². The normalized spacial score (nSPS) is 27.5. The third-order valence-corrected chi connectivity index (χ3v) is 5.72. The van der Waals surface area contributed by atoms with Gasteiger partial charge in [-0.05, 0) is 79.3 Å². The largest absolute Gasteiger partial charge is 0.373 e. The van der Waals surface area contributed by atoms with E-state index >= 15 is 0 Å². The predicted octanol–water partition coefficient (Wildman–Crippen LogP) is 3.91. The van der Waals surface area contributed by atoms with Crippen LogP contribution in [0.4, 0.5) is 4.39 Å². The molecule has 0 saturated carbocycles. The van der Waals surface area contributed by atoms with Crippen LogP contribution in [0.15, 0.2) is 22.7 Å². The average Bonchev–Trinajstić information content (AvgIpc) is 2.52. The minimum atomic E-state index is -0.188. The minimum absolute atomic E-state index is 0.188. The molecule has 1 aromatic carbocycles. The Kier molecular flexibility index (Phi) is 6.30. The number of halogens is 2. The van der Waals surface area contributed by atoms with E-state index in [2.05, 4.69) is 39.6 Å². The average molecular weight is 399 g/mol. The molecule has 24 heavy (non-hydrogen) atoms. The Morgan fingerprint density at radius 1 is 1.12 bits per heavy atom. The fourth-order valence-corrected chi connectivity index (χ4v) is 4.45. The van der Waals surface area contributed by atoms with Gasteiger partial charge in [0, 0.05) is 26.2 Å². The lowest BCUT2D eigenvalue weighted by molar-refractivity contribution is -0.0732. The first-order chi connectivity index (χ1) is 11.5. The van der Waals surface area contributed by atoms with Gasteiger partial charge in [-0.3, -0.25) is 9.80 Å². The van der Waals surface area contributed by atoms with Crippen molar-refractivity contribution in [3.05, 3.63) is 34.1 Å². The molecule has 0 radical (unpaired) electrons. The van der Waals surface area contributed by atoms with Crippen LogP contribution in [-0.4, -0.2) is 54.7 Å². The fraction of sp³-hybridized carbons (Fsp3) is 0.684. The smallest absolute Gasteiger partial charge is 0.137 e. The van der Waals surface area contributed by atoms with Crippen molar-refractivity contribution in [2.75, 3.05) is 32.7 Å². The van der Waals surface area contributed by atoms with Crippen LogP contribution in [0.1, 0.15) is 32.3 Å². The molecule has 2 aliphatic heterocycles. The van der Waals surface area contributed by atoms with Crippen LogP contribution in [-0.2, 0) is 11.3 Å². The van der Waals surface area contributed by atoms with Gasteiger partial charge in [0.1, 0.15) is 5.82 Å². The molecule has 3 rings (SSSR count). The van der Waals surface area contributed by atoms with Crippen LogP contribution >= 0.6 is 15.9 Å². The summed E-state index contributed by atoms with van der Waals surface area (Å²) >= 11 is 3.28. The van der Waals surface area contributed by atoms with E-state index in [4.69, 9.17) is 4.74 Å². The molecule has 0 N–H and O–H groups in total. The molecule has 1 aromatic rings.